The van der Waals surface area contributed by atoms with Gasteiger partial charge in [0.15, 0.2) is 6.29 Å². The van der Waals surface area contributed by atoms with E-state index in [2.05, 4.69) is 27.9 Å². The SMILES string of the molecule is CC(C)[C@@H]1NC(=O)[C@@H](CC(=O)NOC2CCCCO2)CCC/C=C/CCCN(Cc2cccnc2)C1=O. The second-order valence-corrected chi connectivity index (χ2v) is 10.2. The van der Waals surface area contributed by atoms with Gasteiger partial charge in [0.2, 0.25) is 17.7 Å². The summed E-state index contributed by atoms with van der Waals surface area (Å²) >= 11 is 0. The largest absolute Gasteiger partial charge is 0.350 e. The second-order valence-electron chi connectivity index (χ2n) is 10.2. The minimum absolute atomic E-state index is 0.0132. The molecule has 2 aliphatic heterocycles. The third kappa shape index (κ3) is 9.89. The first-order chi connectivity index (χ1) is 17.9. The molecule has 9 heteroatoms. The molecule has 1 fully saturated rings. The van der Waals surface area contributed by atoms with Crippen molar-refractivity contribution in [2.75, 3.05) is 13.2 Å². The Morgan fingerprint density at radius 3 is 2.70 bits per heavy atom. The monoisotopic (exact) mass is 514 g/mol. The van der Waals surface area contributed by atoms with Gasteiger partial charge in [-0.05, 0) is 62.5 Å². The predicted octanol–water partition coefficient (Wildman–Crippen LogP) is 3.65. The number of carbonyl (C=O) groups excluding carboxylic acids is 3. The van der Waals surface area contributed by atoms with E-state index >= 15 is 0 Å². The summed E-state index contributed by atoms with van der Waals surface area (Å²) in [5.41, 5.74) is 3.41. The molecule has 0 aromatic carbocycles. The predicted molar refractivity (Wildman–Crippen MR) is 140 cm³/mol. The van der Waals surface area contributed by atoms with Crippen LogP contribution in [0.15, 0.2) is 36.7 Å². The Labute approximate surface area is 220 Å². The minimum atomic E-state index is -0.680. The van der Waals surface area contributed by atoms with Gasteiger partial charge in [-0.3, -0.25) is 19.4 Å². The van der Waals surface area contributed by atoms with E-state index in [4.69, 9.17) is 9.57 Å². The van der Waals surface area contributed by atoms with Crippen LogP contribution in [-0.4, -0.2) is 53.1 Å². The number of carbonyl (C=O) groups is 3. The maximum atomic E-state index is 13.7. The van der Waals surface area contributed by atoms with E-state index in [0.717, 1.165) is 50.5 Å². The van der Waals surface area contributed by atoms with Crippen molar-refractivity contribution >= 4 is 17.7 Å². The van der Waals surface area contributed by atoms with Crippen molar-refractivity contribution in [1.29, 1.82) is 0 Å². The molecule has 0 spiro atoms. The van der Waals surface area contributed by atoms with Crippen molar-refractivity contribution in [1.82, 2.24) is 20.7 Å². The van der Waals surface area contributed by atoms with Gasteiger partial charge in [-0.25, -0.2) is 10.3 Å². The summed E-state index contributed by atoms with van der Waals surface area (Å²) in [6.07, 6.45) is 13.8. The number of pyridine rings is 1. The lowest BCUT2D eigenvalue weighted by molar-refractivity contribution is -0.200. The average Bonchev–Trinajstić information content (AvgIpc) is 2.90. The molecule has 3 rings (SSSR count). The van der Waals surface area contributed by atoms with E-state index in [1.54, 1.807) is 17.3 Å². The maximum absolute atomic E-state index is 13.7. The summed E-state index contributed by atoms with van der Waals surface area (Å²) in [5, 5.41) is 2.99. The van der Waals surface area contributed by atoms with Crippen LogP contribution in [0.1, 0.15) is 77.2 Å². The van der Waals surface area contributed by atoms with Gasteiger partial charge in [0.1, 0.15) is 6.04 Å². The molecule has 3 amide bonds. The van der Waals surface area contributed by atoms with Crippen LogP contribution in [0.2, 0.25) is 0 Å². The smallest absolute Gasteiger partial charge is 0.245 e. The van der Waals surface area contributed by atoms with Crippen LogP contribution in [0.25, 0.3) is 0 Å². The standard InChI is InChI=1S/C28H42N4O5/c1-21(2)26-28(35)32(20-22-12-11-15-29-19-22)16-9-6-4-3-5-7-13-23(27(34)30-26)18-24(33)31-37-25-14-8-10-17-36-25/h3-4,11-12,15,19,21,23,25-26H,5-10,13-14,16-18,20H2,1-2H3,(H,30,34)(H,31,33)/b4-3+/t23-,25?,26+/m1/s1. The fraction of sp³-hybridized carbons (Fsp3) is 0.643. The molecule has 9 nitrogen and oxygen atoms in total. The molecule has 0 saturated carbocycles. The van der Waals surface area contributed by atoms with E-state index in [1.807, 2.05) is 26.0 Å². The number of nitrogens with zero attached hydrogens (tertiary/aromatic N) is 2. The number of hydrogen-bond acceptors (Lipinski definition) is 6. The van der Waals surface area contributed by atoms with E-state index in [-0.39, 0.29) is 30.1 Å². The Kier molecular flexibility index (Phi) is 12.0. The highest BCUT2D eigenvalue weighted by Gasteiger charge is 2.32. The lowest BCUT2D eigenvalue weighted by atomic mass is 9.94. The number of allylic oxidation sites excluding steroid dienone is 2. The number of hydrogen-bond donors (Lipinski definition) is 2. The van der Waals surface area contributed by atoms with Crippen molar-refractivity contribution < 1.29 is 24.0 Å². The summed E-state index contributed by atoms with van der Waals surface area (Å²) in [7, 11) is 0. The molecule has 1 aromatic heterocycles. The number of hydroxylamine groups is 1. The van der Waals surface area contributed by atoms with Crippen LogP contribution >= 0.6 is 0 Å². The molecule has 204 valence electrons. The highest BCUT2D eigenvalue weighted by Crippen LogP contribution is 2.19. The summed E-state index contributed by atoms with van der Waals surface area (Å²) in [6, 6.07) is 3.12. The molecular formula is C28H42N4O5. The lowest BCUT2D eigenvalue weighted by Crippen LogP contribution is -2.52. The summed E-state index contributed by atoms with van der Waals surface area (Å²) in [4.78, 5) is 51.1. The zero-order valence-electron chi connectivity index (χ0n) is 22.2. The Balaban J connectivity index is 1.70. The summed E-state index contributed by atoms with van der Waals surface area (Å²) in [5.74, 6) is -1.43. The number of aromatic nitrogens is 1. The quantitative estimate of drug-likeness (QED) is 0.425. The van der Waals surface area contributed by atoms with Gasteiger partial charge in [-0.15, -0.1) is 0 Å². The van der Waals surface area contributed by atoms with Gasteiger partial charge in [0.25, 0.3) is 0 Å². The van der Waals surface area contributed by atoms with Gasteiger partial charge in [-0.2, -0.15) is 0 Å². The summed E-state index contributed by atoms with van der Waals surface area (Å²) < 4.78 is 5.49. The van der Waals surface area contributed by atoms with Crippen LogP contribution in [0.4, 0.5) is 0 Å². The highest BCUT2D eigenvalue weighted by molar-refractivity contribution is 5.90. The summed E-state index contributed by atoms with van der Waals surface area (Å²) in [6.45, 7) is 5.49. The molecule has 1 unspecified atom stereocenters. The van der Waals surface area contributed by atoms with Crippen LogP contribution in [0.5, 0.6) is 0 Å². The van der Waals surface area contributed by atoms with E-state index in [9.17, 15) is 14.4 Å². The van der Waals surface area contributed by atoms with E-state index in [0.29, 0.717) is 26.1 Å². The third-order valence-electron chi connectivity index (χ3n) is 6.77. The lowest BCUT2D eigenvalue weighted by Gasteiger charge is -2.31. The number of ether oxygens (including phenoxy) is 1. The van der Waals surface area contributed by atoms with Gasteiger partial charge >= 0.3 is 0 Å². The fourth-order valence-corrected chi connectivity index (χ4v) is 4.61. The highest BCUT2D eigenvalue weighted by atomic mass is 16.8. The number of nitrogens with one attached hydrogen (secondary N) is 2. The zero-order valence-corrected chi connectivity index (χ0v) is 22.2. The van der Waals surface area contributed by atoms with Gasteiger partial charge in [0.05, 0.1) is 0 Å². The molecule has 0 aliphatic carbocycles. The molecule has 0 bridgehead atoms. The topological polar surface area (TPSA) is 110 Å². The van der Waals surface area contributed by atoms with Gasteiger partial charge in [0, 0.05) is 50.8 Å². The van der Waals surface area contributed by atoms with Gasteiger partial charge in [-0.1, -0.05) is 32.1 Å². The average molecular weight is 515 g/mol. The second kappa shape index (κ2) is 15.5. The number of rotatable bonds is 7. The fourth-order valence-electron chi connectivity index (χ4n) is 4.61. The Hall–Kier alpha value is -2.78. The minimum Gasteiger partial charge on any atom is -0.350 e. The van der Waals surface area contributed by atoms with Crippen molar-refractivity contribution in [3.8, 4) is 0 Å². The molecule has 0 radical (unpaired) electrons. The van der Waals surface area contributed by atoms with Crippen LogP contribution < -0.4 is 10.8 Å². The Bertz CT molecular complexity index is 886. The molecule has 3 atom stereocenters. The molecule has 2 aliphatic rings. The Morgan fingerprint density at radius 1 is 1.19 bits per heavy atom. The van der Waals surface area contributed by atoms with Gasteiger partial charge < -0.3 is 15.0 Å². The normalized spacial score (nSPS) is 25.3. The molecule has 3 heterocycles. The van der Waals surface area contributed by atoms with Crippen molar-refractivity contribution in [2.45, 2.75) is 90.5 Å². The van der Waals surface area contributed by atoms with E-state index in [1.165, 1.54) is 0 Å². The first-order valence-electron chi connectivity index (χ1n) is 13.6. The van der Waals surface area contributed by atoms with Crippen molar-refractivity contribution in [3.63, 3.8) is 0 Å². The third-order valence-corrected chi connectivity index (χ3v) is 6.77. The first kappa shape index (κ1) is 28.8. The molecule has 2 N–H and O–H groups in total. The van der Waals surface area contributed by atoms with Crippen LogP contribution in [-0.2, 0) is 30.5 Å². The first-order valence-corrected chi connectivity index (χ1v) is 13.6. The van der Waals surface area contributed by atoms with E-state index < -0.39 is 18.2 Å². The van der Waals surface area contributed by atoms with Crippen molar-refractivity contribution in [2.24, 2.45) is 11.8 Å². The molecule has 1 aromatic rings. The zero-order chi connectivity index (χ0) is 26.5. The van der Waals surface area contributed by atoms with Crippen LogP contribution in [0.3, 0.4) is 0 Å². The molecular weight excluding hydrogens is 472 g/mol. The number of amides is 3. The van der Waals surface area contributed by atoms with Crippen molar-refractivity contribution in [3.05, 3.63) is 42.2 Å². The Morgan fingerprint density at radius 2 is 2.00 bits per heavy atom. The molecule has 37 heavy (non-hydrogen) atoms. The van der Waals surface area contributed by atoms with Crippen LogP contribution in [0, 0.1) is 11.8 Å². The molecule has 1 saturated heterocycles. The maximum Gasteiger partial charge on any atom is 0.245 e.